The Morgan fingerprint density at radius 2 is 1.55 bits per heavy atom. The Labute approximate surface area is 170 Å². The zero-order valence-corrected chi connectivity index (χ0v) is 16.7. The molecule has 0 radical (unpaired) electrons. The maximum absolute atomic E-state index is 12.9. The number of carbonyl (C=O) groups is 3. The Morgan fingerprint density at radius 1 is 0.966 bits per heavy atom. The molecular formula is C22H28N2O5. The zero-order chi connectivity index (χ0) is 20.0. The molecular weight excluding hydrogens is 372 g/mol. The molecule has 156 valence electrons. The van der Waals surface area contributed by atoms with Crippen LogP contribution in [0.15, 0.2) is 22.8 Å². The van der Waals surface area contributed by atoms with Gasteiger partial charge in [-0.25, -0.2) is 0 Å². The summed E-state index contributed by atoms with van der Waals surface area (Å²) in [5, 5.41) is 0. The van der Waals surface area contributed by atoms with Gasteiger partial charge < -0.3 is 19.0 Å². The zero-order valence-electron chi connectivity index (χ0n) is 16.7. The third kappa shape index (κ3) is 3.45. The van der Waals surface area contributed by atoms with Gasteiger partial charge in [-0.3, -0.25) is 14.4 Å². The SMILES string of the molecule is O=C(COC(=O)C12CC3CC(CC(C3)C1)C2)N1CCN(C(=O)c2ccco2)CC1. The second kappa shape index (κ2) is 7.18. The van der Waals surface area contributed by atoms with Crippen LogP contribution in [0.3, 0.4) is 0 Å². The van der Waals surface area contributed by atoms with Crippen LogP contribution in [0.2, 0.25) is 0 Å². The molecule has 0 atom stereocenters. The predicted octanol–water partition coefficient (Wildman–Crippen LogP) is 2.32. The Kier molecular flexibility index (Phi) is 4.63. The van der Waals surface area contributed by atoms with E-state index in [9.17, 15) is 14.4 Å². The summed E-state index contributed by atoms with van der Waals surface area (Å²) in [6.45, 7) is 1.61. The van der Waals surface area contributed by atoms with Crippen LogP contribution >= 0.6 is 0 Å². The number of ether oxygens (including phenoxy) is 1. The van der Waals surface area contributed by atoms with Crippen LogP contribution < -0.4 is 0 Å². The number of carbonyl (C=O) groups excluding carboxylic acids is 3. The number of hydrogen-bond donors (Lipinski definition) is 0. The lowest BCUT2D eigenvalue weighted by Gasteiger charge is -2.55. The van der Waals surface area contributed by atoms with E-state index in [-0.39, 0.29) is 29.8 Å². The van der Waals surface area contributed by atoms with E-state index in [2.05, 4.69) is 0 Å². The van der Waals surface area contributed by atoms with E-state index < -0.39 is 0 Å². The van der Waals surface area contributed by atoms with Crippen molar-refractivity contribution < 1.29 is 23.5 Å². The smallest absolute Gasteiger partial charge is 0.312 e. The van der Waals surface area contributed by atoms with Crippen LogP contribution in [0.5, 0.6) is 0 Å². The summed E-state index contributed by atoms with van der Waals surface area (Å²) in [6.07, 6.45) is 8.12. The molecule has 2 amide bonds. The van der Waals surface area contributed by atoms with Gasteiger partial charge in [0.1, 0.15) is 0 Å². The van der Waals surface area contributed by atoms with E-state index in [1.807, 2.05) is 0 Å². The highest BCUT2D eigenvalue weighted by molar-refractivity contribution is 5.91. The van der Waals surface area contributed by atoms with Gasteiger partial charge in [0, 0.05) is 26.2 Å². The standard InChI is InChI=1S/C22H28N2O5/c25-19(23-3-5-24(6-4-23)20(26)18-2-1-7-28-18)14-29-21(27)22-11-15-8-16(12-22)10-17(9-15)13-22/h1-2,7,15-17H,3-6,8-14H2. The lowest BCUT2D eigenvalue weighted by Crippen LogP contribution is -2.53. The minimum absolute atomic E-state index is 0.156. The molecule has 0 N–H and O–H groups in total. The van der Waals surface area contributed by atoms with Crippen molar-refractivity contribution in [2.45, 2.75) is 38.5 Å². The average molecular weight is 400 g/mol. The van der Waals surface area contributed by atoms with Crippen molar-refractivity contribution in [2.75, 3.05) is 32.8 Å². The number of piperazine rings is 1. The minimum atomic E-state index is -0.330. The largest absolute Gasteiger partial charge is 0.459 e. The highest BCUT2D eigenvalue weighted by Crippen LogP contribution is 2.60. The van der Waals surface area contributed by atoms with E-state index in [1.54, 1.807) is 21.9 Å². The number of hydrogen-bond acceptors (Lipinski definition) is 5. The molecule has 1 aromatic rings. The Hall–Kier alpha value is -2.31. The van der Waals surface area contributed by atoms with Crippen molar-refractivity contribution in [1.29, 1.82) is 0 Å². The normalized spacial score (nSPS) is 33.0. The number of rotatable bonds is 4. The van der Waals surface area contributed by atoms with Crippen LogP contribution in [-0.2, 0) is 14.3 Å². The second-order valence-electron chi connectivity index (χ2n) is 9.42. The van der Waals surface area contributed by atoms with Crippen LogP contribution in [0.4, 0.5) is 0 Å². The van der Waals surface area contributed by atoms with Crippen molar-refractivity contribution in [2.24, 2.45) is 23.2 Å². The average Bonchev–Trinajstić information content (AvgIpc) is 3.25. The lowest BCUT2D eigenvalue weighted by molar-refractivity contribution is -0.174. The van der Waals surface area contributed by atoms with E-state index in [0.29, 0.717) is 49.7 Å². The van der Waals surface area contributed by atoms with E-state index >= 15 is 0 Å². The van der Waals surface area contributed by atoms with Gasteiger partial charge in [-0.1, -0.05) is 0 Å². The van der Waals surface area contributed by atoms with Gasteiger partial charge in [0.15, 0.2) is 12.4 Å². The van der Waals surface area contributed by atoms with E-state index in [4.69, 9.17) is 9.15 Å². The monoisotopic (exact) mass is 400 g/mol. The Bertz CT molecular complexity index is 759. The molecule has 1 aromatic heterocycles. The van der Waals surface area contributed by atoms with Crippen LogP contribution in [-0.4, -0.2) is 60.4 Å². The molecule has 1 saturated heterocycles. The molecule has 7 heteroatoms. The molecule has 2 heterocycles. The summed E-state index contributed by atoms with van der Waals surface area (Å²) >= 11 is 0. The minimum Gasteiger partial charge on any atom is -0.459 e. The molecule has 4 saturated carbocycles. The summed E-state index contributed by atoms with van der Waals surface area (Å²) in [6, 6.07) is 3.33. The lowest BCUT2D eigenvalue weighted by atomic mass is 9.49. The van der Waals surface area contributed by atoms with Gasteiger partial charge >= 0.3 is 5.97 Å². The molecule has 7 nitrogen and oxygen atoms in total. The van der Waals surface area contributed by atoms with Crippen LogP contribution in [0.25, 0.3) is 0 Å². The Morgan fingerprint density at radius 3 is 2.10 bits per heavy atom. The topological polar surface area (TPSA) is 80.1 Å². The van der Waals surface area contributed by atoms with Gasteiger partial charge in [0.05, 0.1) is 11.7 Å². The highest BCUT2D eigenvalue weighted by atomic mass is 16.5. The van der Waals surface area contributed by atoms with Crippen molar-refractivity contribution in [1.82, 2.24) is 9.80 Å². The van der Waals surface area contributed by atoms with Crippen molar-refractivity contribution in [3.05, 3.63) is 24.2 Å². The maximum atomic E-state index is 12.9. The van der Waals surface area contributed by atoms with Crippen molar-refractivity contribution >= 4 is 17.8 Å². The first-order valence-electron chi connectivity index (χ1n) is 10.8. The molecule has 29 heavy (non-hydrogen) atoms. The Balaban J connectivity index is 1.11. The van der Waals surface area contributed by atoms with Crippen LogP contribution in [0, 0.1) is 23.2 Å². The molecule has 0 spiro atoms. The summed E-state index contributed by atoms with van der Waals surface area (Å²) in [7, 11) is 0. The van der Waals surface area contributed by atoms with Crippen LogP contribution in [0.1, 0.15) is 49.1 Å². The second-order valence-corrected chi connectivity index (χ2v) is 9.42. The van der Waals surface area contributed by atoms with Gasteiger partial charge in [-0.2, -0.15) is 0 Å². The molecule has 4 aliphatic carbocycles. The third-order valence-electron chi connectivity index (χ3n) is 7.45. The molecule has 1 aliphatic heterocycles. The number of furan rings is 1. The molecule has 5 fully saturated rings. The van der Waals surface area contributed by atoms with E-state index in [1.165, 1.54) is 25.5 Å². The summed E-state index contributed by atoms with van der Waals surface area (Å²) in [5.74, 6) is 1.84. The highest BCUT2D eigenvalue weighted by Gasteiger charge is 2.55. The van der Waals surface area contributed by atoms with Gasteiger partial charge in [-0.15, -0.1) is 0 Å². The van der Waals surface area contributed by atoms with E-state index in [0.717, 1.165) is 19.3 Å². The predicted molar refractivity (Wildman–Crippen MR) is 103 cm³/mol. The van der Waals surface area contributed by atoms with Crippen molar-refractivity contribution in [3.63, 3.8) is 0 Å². The summed E-state index contributed by atoms with van der Waals surface area (Å²) < 4.78 is 10.7. The molecule has 6 rings (SSSR count). The number of amides is 2. The number of nitrogens with zero attached hydrogens (tertiary/aromatic N) is 2. The quantitative estimate of drug-likeness (QED) is 0.725. The first-order chi connectivity index (χ1) is 14.0. The van der Waals surface area contributed by atoms with Gasteiger partial charge in [0.2, 0.25) is 0 Å². The molecule has 0 unspecified atom stereocenters. The fourth-order valence-corrected chi connectivity index (χ4v) is 6.45. The molecule has 5 aliphatic rings. The van der Waals surface area contributed by atoms with Gasteiger partial charge in [-0.05, 0) is 68.4 Å². The fraction of sp³-hybridized carbons (Fsp3) is 0.682. The first kappa shape index (κ1) is 18.7. The summed E-state index contributed by atoms with van der Waals surface area (Å²) in [5.41, 5.74) is -0.330. The maximum Gasteiger partial charge on any atom is 0.312 e. The fourth-order valence-electron chi connectivity index (χ4n) is 6.45. The third-order valence-corrected chi connectivity index (χ3v) is 7.45. The molecule has 0 aromatic carbocycles. The first-order valence-corrected chi connectivity index (χ1v) is 10.8. The summed E-state index contributed by atoms with van der Waals surface area (Å²) in [4.78, 5) is 41.1. The number of esters is 1. The molecule has 4 bridgehead atoms. The van der Waals surface area contributed by atoms with Crippen molar-refractivity contribution in [3.8, 4) is 0 Å². The van der Waals surface area contributed by atoms with Gasteiger partial charge in [0.25, 0.3) is 11.8 Å².